The zero-order chi connectivity index (χ0) is 22.5. The van der Waals surface area contributed by atoms with Crippen molar-refractivity contribution in [3.05, 3.63) is 48.7 Å². The molecule has 3 aliphatic heterocycles. The Morgan fingerprint density at radius 1 is 1.45 bits per heavy atom. The van der Waals surface area contributed by atoms with Crippen molar-refractivity contribution >= 4 is 31.0 Å². The molecule has 0 amide bonds. The van der Waals surface area contributed by atoms with Crippen LogP contribution < -0.4 is 4.74 Å². The van der Waals surface area contributed by atoms with Crippen molar-refractivity contribution in [2.24, 2.45) is 11.8 Å². The van der Waals surface area contributed by atoms with Gasteiger partial charge >= 0.3 is 43.4 Å². The minimum absolute atomic E-state index is 0.178. The van der Waals surface area contributed by atoms with Crippen LogP contribution in [0.25, 0.3) is 10.9 Å². The van der Waals surface area contributed by atoms with Crippen molar-refractivity contribution in [1.82, 2.24) is 9.88 Å². The maximum atomic E-state index is 11.2. The van der Waals surface area contributed by atoms with E-state index >= 15 is 0 Å². The predicted molar refractivity (Wildman–Crippen MR) is 116 cm³/mol. The molecule has 0 aliphatic carbocycles. The molecule has 3 aliphatic rings. The number of methoxy groups -OCH3 is 1. The van der Waals surface area contributed by atoms with Crippen molar-refractivity contribution in [3.8, 4) is 5.75 Å². The molecule has 0 saturated carbocycles. The first-order chi connectivity index (χ1) is 14.8. The molecule has 8 nitrogen and oxygen atoms in total. The molecule has 2 bridgehead atoms. The van der Waals surface area contributed by atoms with Gasteiger partial charge in [0.15, 0.2) is 0 Å². The summed E-state index contributed by atoms with van der Waals surface area (Å²) in [6.45, 7) is 6.07. The first-order valence-corrected chi connectivity index (χ1v) is 12.8. The SMILES string of the molecule is C=CC1CN2CCC1CC2C(O)c1ccnc2ccc(OC)cc12.O=C(O)C[Se](=O)O. The van der Waals surface area contributed by atoms with Gasteiger partial charge in [0.05, 0.1) is 18.7 Å². The summed E-state index contributed by atoms with van der Waals surface area (Å²) in [6.07, 6.45) is 5.62. The standard InChI is InChI=1S/C20H24N2O2.C2H4O4Se/c1-3-13-12-22-9-7-14(13)10-19(22)20(23)16-6-8-21-18-5-4-15(24-2)11-17(16)18;3-2(4)1-7(5)6/h3-6,8,11,13-14,19-20,23H,1,7,9-10,12H2,2H3;1H2,(H,3,4)(H,5,6). The van der Waals surface area contributed by atoms with Crippen LogP contribution in [-0.2, 0) is 8.63 Å². The molecule has 1 aromatic carbocycles. The second-order valence-electron chi connectivity index (χ2n) is 7.83. The van der Waals surface area contributed by atoms with E-state index in [0.717, 1.165) is 41.7 Å². The Kier molecular flexibility index (Phi) is 7.91. The Labute approximate surface area is 185 Å². The van der Waals surface area contributed by atoms with Crippen molar-refractivity contribution < 1.29 is 27.8 Å². The number of fused-ring (bicyclic) bond motifs is 4. The van der Waals surface area contributed by atoms with Gasteiger partial charge in [0.2, 0.25) is 0 Å². The molecule has 9 heteroatoms. The Balaban J connectivity index is 0.000000339. The Morgan fingerprint density at radius 2 is 2.23 bits per heavy atom. The van der Waals surface area contributed by atoms with Gasteiger partial charge in [0.25, 0.3) is 0 Å². The predicted octanol–water partition coefficient (Wildman–Crippen LogP) is 2.16. The Bertz CT molecular complexity index is 956. The molecule has 6 atom stereocenters. The third kappa shape index (κ3) is 5.56. The van der Waals surface area contributed by atoms with E-state index in [0.29, 0.717) is 11.8 Å². The summed E-state index contributed by atoms with van der Waals surface area (Å²) in [5.74, 6) is 0.787. The summed E-state index contributed by atoms with van der Waals surface area (Å²) in [6, 6.07) is 7.96. The number of benzene rings is 1. The number of aliphatic hydroxyl groups is 1. The molecule has 6 unspecified atom stereocenters. The van der Waals surface area contributed by atoms with Crippen LogP contribution in [0, 0.1) is 11.8 Å². The Hall–Kier alpha value is -2.16. The summed E-state index contributed by atoms with van der Waals surface area (Å²) < 4.78 is 22.9. The first-order valence-electron chi connectivity index (χ1n) is 10.1. The number of aromatic nitrogens is 1. The van der Waals surface area contributed by atoms with Crippen LogP contribution >= 0.6 is 0 Å². The second kappa shape index (κ2) is 10.4. The number of aliphatic carboxylic acids is 1. The van der Waals surface area contributed by atoms with Crippen molar-refractivity contribution in [2.75, 3.05) is 20.2 Å². The van der Waals surface area contributed by atoms with Crippen molar-refractivity contribution in [2.45, 2.75) is 30.3 Å². The summed E-state index contributed by atoms with van der Waals surface area (Å²) in [5, 5.41) is 19.3. The molecule has 5 rings (SSSR count). The first kappa shape index (κ1) is 23.5. The molecule has 4 heterocycles. The molecule has 1 aromatic heterocycles. The maximum absolute atomic E-state index is 11.2. The van der Waals surface area contributed by atoms with Crippen LogP contribution in [0.2, 0.25) is 5.32 Å². The van der Waals surface area contributed by atoms with Gasteiger partial charge in [-0.2, -0.15) is 0 Å². The van der Waals surface area contributed by atoms with Gasteiger partial charge in [0, 0.05) is 24.2 Å². The monoisotopic (exact) mass is 496 g/mol. The summed E-state index contributed by atoms with van der Waals surface area (Å²) in [5.41, 5.74) is 1.85. The van der Waals surface area contributed by atoms with E-state index in [4.69, 9.17) is 14.0 Å². The third-order valence-electron chi connectivity index (χ3n) is 6.07. The number of nitrogens with zero attached hydrogens (tertiary/aromatic N) is 2. The van der Waals surface area contributed by atoms with Gasteiger partial charge in [-0.1, -0.05) is 6.08 Å². The van der Waals surface area contributed by atoms with Crippen molar-refractivity contribution in [1.29, 1.82) is 0 Å². The molecular formula is C22H28N2O6Se. The van der Waals surface area contributed by atoms with Crippen LogP contribution in [0.15, 0.2) is 43.1 Å². The Morgan fingerprint density at radius 3 is 2.77 bits per heavy atom. The molecule has 31 heavy (non-hydrogen) atoms. The zero-order valence-electron chi connectivity index (χ0n) is 17.4. The molecular weight excluding hydrogens is 467 g/mol. The summed E-state index contributed by atoms with van der Waals surface area (Å²) in [7, 11) is 1.66. The van der Waals surface area contributed by atoms with Crippen LogP contribution in [0.4, 0.5) is 0 Å². The molecule has 0 spiro atoms. The number of hydrogen-bond acceptors (Lipinski definition) is 6. The van der Waals surface area contributed by atoms with Crippen molar-refractivity contribution in [3.63, 3.8) is 0 Å². The van der Waals surface area contributed by atoms with E-state index in [1.165, 1.54) is 6.42 Å². The van der Waals surface area contributed by atoms with Gasteiger partial charge in [-0.05, 0) is 61.1 Å². The fourth-order valence-electron chi connectivity index (χ4n) is 4.55. The third-order valence-corrected chi connectivity index (χ3v) is 7.10. The fraction of sp³-hybridized carbons (Fsp3) is 0.455. The van der Waals surface area contributed by atoms with Crippen LogP contribution in [0.5, 0.6) is 5.75 Å². The summed E-state index contributed by atoms with van der Waals surface area (Å²) >= 11 is -2.97. The number of carboxylic acid groups (broad SMARTS) is 1. The number of aliphatic hydroxyl groups excluding tert-OH is 1. The number of carboxylic acids is 1. The molecule has 3 saturated heterocycles. The van der Waals surface area contributed by atoms with E-state index in [1.54, 1.807) is 13.3 Å². The van der Waals surface area contributed by atoms with Gasteiger partial charge < -0.3 is 9.84 Å². The number of piperidine rings is 3. The van der Waals surface area contributed by atoms with E-state index in [1.807, 2.05) is 24.3 Å². The summed E-state index contributed by atoms with van der Waals surface area (Å²) in [4.78, 5) is 16.3. The van der Waals surface area contributed by atoms with Crippen LogP contribution in [0.1, 0.15) is 24.5 Å². The number of hydrogen-bond donors (Lipinski definition) is 3. The number of carbonyl (C=O) groups is 1. The van der Waals surface area contributed by atoms with Crippen LogP contribution in [-0.4, -0.2) is 70.7 Å². The molecule has 168 valence electrons. The molecule has 2 aromatic rings. The zero-order valence-corrected chi connectivity index (χ0v) is 19.1. The van der Waals surface area contributed by atoms with Crippen LogP contribution in [0.3, 0.4) is 0 Å². The molecule has 3 N–H and O–H groups in total. The minimum atomic E-state index is -2.97. The second-order valence-corrected chi connectivity index (χ2v) is 9.79. The number of ether oxygens (including phenoxy) is 1. The normalized spacial score (nSPS) is 26.4. The quantitative estimate of drug-likeness (QED) is 0.412. The van der Waals surface area contributed by atoms with Gasteiger partial charge in [0.1, 0.15) is 5.75 Å². The average molecular weight is 495 g/mol. The molecule has 0 radical (unpaired) electrons. The topological polar surface area (TPSA) is 120 Å². The van der Waals surface area contributed by atoms with E-state index in [2.05, 4.69) is 22.5 Å². The van der Waals surface area contributed by atoms with Gasteiger partial charge in [-0.3, -0.25) is 9.88 Å². The number of rotatable bonds is 6. The van der Waals surface area contributed by atoms with E-state index in [-0.39, 0.29) is 6.04 Å². The van der Waals surface area contributed by atoms with Gasteiger partial charge in [-0.25, -0.2) is 0 Å². The average Bonchev–Trinajstić information content (AvgIpc) is 2.77. The van der Waals surface area contributed by atoms with E-state index < -0.39 is 31.6 Å². The van der Waals surface area contributed by atoms with E-state index in [9.17, 15) is 13.7 Å². The fourth-order valence-corrected chi connectivity index (χ4v) is 4.99. The number of pyridine rings is 1. The van der Waals surface area contributed by atoms with Gasteiger partial charge in [-0.15, -0.1) is 6.58 Å². The molecule has 3 fully saturated rings.